The van der Waals surface area contributed by atoms with E-state index in [-0.39, 0.29) is 0 Å². The average Bonchev–Trinajstić information content (AvgIpc) is 3.51. The van der Waals surface area contributed by atoms with Crippen LogP contribution < -0.4 is 4.74 Å². The average molecular weight is 437 g/mol. The van der Waals surface area contributed by atoms with Crippen molar-refractivity contribution in [2.45, 2.75) is 55.8 Å². The fourth-order valence-corrected chi connectivity index (χ4v) is 4.71. The molecule has 0 spiro atoms. The molecule has 2 saturated carbocycles. The van der Waals surface area contributed by atoms with Crippen LogP contribution in [-0.2, 0) is 20.4 Å². The molecule has 0 bridgehead atoms. The van der Waals surface area contributed by atoms with E-state index in [9.17, 15) is 14.7 Å². The Labute approximate surface area is 186 Å². The second-order valence-electron chi connectivity index (χ2n) is 8.74. The third-order valence-corrected chi connectivity index (χ3v) is 6.92. The van der Waals surface area contributed by atoms with Crippen LogP contribution in [0, 0.1) is 0 Å². The number of ether oxygens (including phenoxy) is 1. The van der Waals surface area contributed by atoms with E-state index in [0.29, 0.717) is 0 Å². The topological polar surface area (TPSA) is 97.0 Å². The van der Waals surface area contributed by atoms with Gasteiger partial charge in [0.2, 0.25) is 0 Å². The summed E-state index contributed by atoms with van der Waals surface area (Å²) in [6.07, 6.45) is 7.73. The Bertz CT molecular complexity index is 1100. The van der Waals surface area contributed by atoms with Crippen LogP contribution in [0.25, 0.3) is 11.0 Å². The SMILES string of the molecule is COc1ccc(C2(C(=O)O)CCCCC2)cc1.O=C(O)C1(c2ccc3occc3c2)CC1. The summed E-state index contributed by atoms with van der Waals surface area (Å²) in [4.78, 5) is 22.7. The van der Waals surface area contributed by atoms with Crippen LogP contribution in [0.4, 0.5) is 0 Å². The van der Waals surface area contributed by atoms with E-state index in [1.165, 1.54) is 0 Å². The van der Waals surface area contributed by atoms with Gasteiger partial charge >= 0.3 is 11.9 Å². The Morgan fingerprint density at radius 1 is 0.812 bits per heavy atom. The van der Waals surface area contributed by atoms with Crippen molar-refractivity contribution in [2.75, 3.05) is 7.11 Å². The normalized spacial score (nSPS) is 18.3. The summed E-state index contributed by atoms with van der Waals surface area (Å²) in [5.41, 5.74) is 1.31. The summed E-state index contributed by atoms with van der Waals surface area (Å²) in [7, 11) is 1.61. The highest BCUT2D eigenvalue weighted by Crippen LogP contribution is 2.49. The lowest BCUT2D eigenvalue weighted by atomic mass is 9.69. The molecule has 0 unspecified atom stereocenters. The van der Waals surface area contributed by atoms with Gasteiger partial charge in [-0.15, -0.1) is 0 Å². The predicted octanol–water partition coefficient (Wildman–Crippen LogP) is 5.53. The van der Waals surface area contributed by atoms with Crippen molar-refractivity contribution in [3.8, 4) is 5.75 Å². The lowest BCUT2D eigenvalue weighted by Crippen LogP contribution is -2.37. The molecule has 5 rings (SSSR count). The van der Waals surface area contributed by atoms with Gasteiger partial charge in [0.1, 0.15) is 11.3 Å². The Hall–Kier alpha value is -3.28. The minimum Gasteiger partial charge on any atom is -0.497 e. The third-order valence-electron chi connectivity index (χ3n) is 6.92. The summed E-state index contributed by atoms with van der Waals surface area (Å²) < 4.78 is 10.3. The molecular weight excluding hydrogens is 408 g/mol. The van der Waals surface area contributed by atoms with E-state index in [2.05, 4.69) is 0 Å². The van der Waals surface area contributed by atoms with Gasteiger partial charge in [-0.2, -0.15) is 0 Å². The lowest BCUT2D eigenvalue weighted by Gasteiger charge is -2.33. The van der Waals surface area contributed by atoms with Gasteiger partial charge in [0.15, 0.2) is 0 Å². The molecule has 1 heterocycles. The van der Waals surface area contributed by atoms with E-state index < -0.39 is 22.8 Å². The number of aliphatic carboxylic acids is 2. The number of carboxylic acids is 2. The Morgan fingerprint density at radius 2 is 1.41 bits per heavy atom. The fraction of sp³-hybridized carbons (Fsp3) is 0.385. The van der Waals surface area contributed by atoms with E-state index in [0.717, 1.165) is 72.8 Å². The smallest absolute Gasteiger partial charge is 0.314 e. The minimum atomic E-state index is -0.717. The van der Waals surface area contributed by atoms with Gasteiger partial charge in [0, 0.05) is 5.39 Å². The van der Waals surface area contributed by atoms with E-state index in [1.807, 2.05) is 48.5 Å². The van der Waals surface area contributed by atoms with E-state index in [4.69, 9.17) is 14.3 Å². The Balaban J connectivity index is 0.000000154. The summed E-state index contributed by atoms with van der Waals surface area (Å²) in [5.74, 6) is -0.641. The highest BCUT2D eigenvalue weighted by molar-refractivity contribution is 5.87. The number of carbonyl (C=O) groups is 2. The quantitative estimate of drug-likeness (QED) is 0.546. The summed E-state index contributed by atoms with van der Waals surface area (Å²) in [5, 5.41) is 19.7. The van der Waals surface area contributed by atoms with Gasteiger partial charge in [-0.25, -0.2) is 0 Å². The molecule has 32 heavy (non-hydrogen) atoms. The predicted molar refractivity (Wildman–Crippen MR) is 120 cm³/mol. The van der Waals surface area contributed by atoms with Gasteiger partial charge < -0.3 is 19.4 Å². The number of furan rings is 1. The van der Waals surface area contributed by atoms with Gasteiger partial charge in [-0.1, -0.05) is 37.5 Å². The molecule has 0 saturated heterocycles. The highest BCUT2D eigenvalue weighted by atomic mass is 16.5. The first-order valence-corrected chi connectivity index (χ1v) is 11.0. The highest BCUT2D eigenvalue weighted by Gasteiger charge is 2.51. The van der Waals surface area contributed by atoms with Crippen molar-refractivity contribution in [3.05, 3.63) is 65.9 Å². The molecule has 3 aromatic rings. The number of methoxy groups -OCH3 is 1. The standard InChI is InChI=1S/C14H18O3.C12H10O3/c1-17-12-7-5-11(6-8-12)14(13(15)16)9-3-2-4-10-14;13-11(14)12(4-5-12)9-1-2-10-8(7-9)3-6-15-10/h5-8H,2-4,9-10H2,1H3,(H,15,16);1-3,6-7H,4-5H2,(H,13,14). The zero-order valence-electron chi connectivity index (χ0n) is 18.2. The molecule has 0 amide bonds. The summed E-state index contributed by atoms with van der Waals surface area (Å²) in [6, 6.07) is 14.9. The van der Waals surface area contributed by atoms with Crippen molar-refractivity contribution in [1.82, 2.24) is 0 Å². The maximum atomic E-state index is 11.6. The van der Waals surface area contributed by atoms with Gasteiger partial charge in [0.25, 0.3) is 0 Å². The fourth-order valence-electron chi connectivity index (χ4n) is 4.71. The van der Waals surface area contributed by atoms with Crippen LogP contribution >= 0.6 is 0 Å². The molecule has 6 nitrogen and oxygen atoms in total. The number of hydrogen-bond acceptors (Lipinski definition) is 4. The second kappa shape index (κ2) is 8.69. The second-order valence-corrected chi connectivity index (χ2v) is 8.74. The van der Waals surface area contributed by atoms with Crippen LogP contribution in [0.2, 0.25) is 0 Å². The number of rotatable bonds is 5. The third kappa shape index (κ3) is 3.97. The zero-order chi connectivity index (χ0) is 22.8. The summed E-state index contributed by atoms with van der Waals surface area (Å²) >= 11 is 0. The molecule has 2 fully saturated rings. The molecule has 2 aliphatic rings. The maximum Gasteiger partial charge on any atom is 0.314 e. The molecule has 0 aliphatic heterocycles. The minimum absolute atomic E-state index is 0.620. The summed E-state index contributed by atoms with van der Waals surface area (Å²) in [6.45, 7) is 0. The monoisotopic (exact) mass is 436 g/mol. The van der Waals surface area contributed by atoms with Gasteiger partial charge in [-0.3, -0.25) is 9.59 Å². The van der Waals surface area contributed by atoms with Crippen LogP contribution in [0.1, 0.15) is 56.1 Å². The molecule has 6 heteroatoms. The molecule has 0 atom stereocenters. The van der Waals surface area contributed by atoms with Crippen molar-refractivity contribution in [2.24, 2.45) is 0 Å². The van der Waals surface area contributed by atoms with E-state index >= 15 is 0 Å². The number of fused-ring (bicyclic) bond motifs is 1. The number of carboxylic acid groups (broad SMARTS) is 2. The van der Waals surface area contributed by atoms with Crippen LogP contribution in [0.3, 0.4) is 0 Å². The molecule has 1 aromatic heterocycles. The first-order valence-electron chi connectivity index (χ1n) is 11.0. The van der Waals surface area contributed by atoms with E-state index in [1.54, 1.807) is 13.4 Å². The first kappa shape index (κ1) is 21.9. The molecule has 2 aromatic carbocycles. The largest absolute Gasteiger partial charge is 0.497 e. The Morgan fingerprint density at radius 3 is 1.97 bits per heavy atom. The molecule has 2 aliphatic carbocycles. The molecule has 2 N–H and O–H groups in total. The molecule has 168 valence electrons. The maximum absolute atomic E-state index is 11.6. The molecular formula is C26H28O6. The van der Waals surface area contributed by atoms with Crippen LogP contribution in [0.15, 0.2) is 59.2 Å². The number of hydrogen-bond donors (Lipinski definition) is 2. The zero-order valence-corrected chi connectivity index (χ0v) is 18.2. The molecule has 0 radical (unpaired) electrons. The van der Waals surface area contributed by atoms with Crippen molar-refractivity contribution >= 4 is 22.9 Å². The van der Waals surface area contributed by atoms with Crippen molar-refractivity contribution in [1.29, 1.82) is 0 Å². The first-order chi connectivity index (χ1) is 15.4. The lowest BCUT2D eigenvalue weighted by molar-refractivity contribution is -0.145. The number of benzene rings is 2. The van der Waals surface area contributed by atoms with Crippen LogP contribution in [0.5, 0.6) is 5.75 Å². The van der Waals surface area contributed by atoms with Crippen molar-refractivity contribution < 1.29 is 29.0 Å². The van der Waals surface area contributed by atoms with Gasteiger partial charge in [-0.05, 0) is 67.1 Å². The van der Waals surface area contributed by atoms with Crippen molar-refractivity contribution in [3.63, 3.8) is 0 Å². The van der Waals surface area contributed by atoms with Gasteiger partial charge in [0.05, 0.1) is 24.2 Å². The Kier molecular flexibility index (Phi) is 5.96. The van der Waals surface area contributed by atoms with Crippen LogP contribution in [-0.4, -0.2) is 29.3 Å².